The van der Waals surface area contributed by atoms with Crippen LogP contribution in [0.2, 0.25) is 0 Å². The van der Waals surface area contributed by atoms with Crippen molar-refractivity contribution in [1.29, 1.82) is 0 Å². The van der Waals surface area contributed by atoms with Gasteiger partial charge in [0, 0.05) is 16.2 Å². The van der Waals surface area contributed by atoms with Crippen molar-refractivity contribution in [3.8, 4) is 5.75 Å². The standard InChI is InChI=1S/C9H12INO/c1-3-11-9-6-7(12-2)4-5-8(9)10/h4-6,11H,3H2,1-2H3. The molecule has 66 valence electrons. The maximum atomic E-state index is 5.11. The second kappa shape index (κ2) is 4.54. The van der Waals surface area contributed by atoms with E-state index < -0.39 is 0 Å². The number of hydrogen-bond donors (Lipinski definition) is 1. The molecule has 0 saturated carbocycles. The molecule has 3 heteroatoms. The van der Waals surface area contributed by atoms with Crippen molar-refractivity contribution >= 4 is 28.3 Å². The van der Waals surface area contributed by atoms with Gasteiger partial charge in [0.25, 0.3) is 0 Å². The summed E-state index contributed by atoms with van der Waals surface area (Å²) in [5, 5.41) is 3.26. The lowest BCUT2D eigenvalue weighted by molar-refractivity contribution is 0.415. The maximum absolute atomic E-state index is 5.11. The Hall–Kier alpha value is -0.450. The molecule has 1 N–H and O–H groups in total. The summed E-state index contributed by atoms with van der Waals surface area (Å²) in [6.45, 7) is 3.01. The molecule has 0 atom stereocenters. The summed E-state index contributed by atoms with van der Waals surface area (Å²) in [6.07, 6.45) is 0. The summed E-state index contributed by atoms with van der Waals surface area (Å²) in [5.41, 5.74) is 1.14. The van der Waals surface area contributed by atoms with E-state index in [1.807, 2.05) is 18.2 Å². The van der Waals surface area contributed by atoms with Gasteiger partial charge in [-0.05, 0) is 41.6 Å². The average molecular weight is 277 g/mol. The van der Waals surface area contributed by atoms with Gasteiger partial charge in [-0.1, -0.05) is 0 Å². The molecule has 1 rings (SSSR count). The maximum Gasteiger partial charge on any atom is 0.120 e. The molecular weight excluding hydrogens is 265 g/mol. The molecule has 0 heterocycles. The first-order valence-corrected chi connectivity index (χ1v) is 4.93. The summed E-state index contributed by atoms with van der Waals surface area (Å²) in [7, 11) is 1.68. The molecule has 0 aliphatic rings. The smallest absolute Gasteiger partial charge is 0.120 e. The Bertz CT molecular complexity index is 263. The lowest BCUT2D eigenvalue weighted by Crippen LogP contribution is -1.98. The minimum absolute atomic E-state index is 0.895. The second-order valence-corrected chi connectivity index (χ2v) is 3.54. The van der Waals surface area contributed by atoms with Crippen LogP contribution in [-0.2, 0) is 0 Å². The van der Waals surface area contributed by atoms with Gasteiger partial charge in [-0.15, -0.1) is 0 Å². The number of nitrogens with one attached hydrogen (secondary N) is 1. The molecule has 0 unspecified atom stereocenters. The first kappa shape index (κ1) is 9.64. The van der Waals surface area contributed by atoms with E-state index in [0.717, 1.165) is 18.0 Å². The van der Waals surface area contributed by atoms with E-state index in [4.69, 9.17) is 4.74 Å². The van der Waals surface area contributed by atoms with Crippen molar-refractivity contribution in [2.24, 2.45) is 0 Å². The van der Waals surface area contributed by atoms with E-state index in [-0.39, 0.29) is 0 Å². The SMILES string of the molecule is CCNc1cc(OC)ccc1I. The van der Waals surface area contributed by atoms with Gasteiger partial charge in [0.15, 0.2) is 0 Å². The molecule has 12 heavy (non-hydrogen) atoms. The lowest BCUT2D eigenvalue weighted by Gasteiger charge is -2.07. The highest BCUT2D eigenvalue weighted by Crippen LogP contribution is 2.23. The summed E-state index contributed by atoms with van der Waals surface area (Å²) in [6, 6.07) is 6.01. The monoisotopic (exact) mass is 277 g/mol. The second-order valence-electron chi connectivity index (χ2n) is 2.38. The first-order chi connectivity index (χ1) is 5.77. The molecule has 0 aliphatic heterocycles. The number of rotatable bonds is 3. The Kier molecular flexibility index (Phi) is 3.65. The van der Waals surface area contributed by atoms with Crippen LogP contribution in [-0.4, -0.2) is 13.7 Å². The highest BCUT2D eigenvalue weighted by molar-refractivity contribution is 14.1. The van der Waals surface area contributed by atoms with Crippen LogP contribution in [0.15, 0.2) is 18.2 Å². The van der Waals surface area contributed by atoms with Crippen LogP contribution in [0.3, 0.4) is 0 Å². The van der Waals surface area contributed by atoms with Crippen molar-refractivity contribution in [3.05, 3.63) is 21.8 Å². The van der Waals surface area contributed by atoms with E-state index in [1.165, 1.54) is 3.57 Å². The Morgan fingerprint density at radius 2 is 2.25 bits per heavy atom. The highest BCUT2D eigenvalue weighted by Gasteiger charge is 1.99. The quantitative estimate of drug-likeness (QED) is 0.858. The zero-order chi connectivity index (χ0) is 8.97. The zero-order valence-corrected chi connectivity index (χ0v) is 9.38. The first-order valence-electron chi connectivity index (χ1n) is 3.85. The van der Waals surface area contributed by atoms with Gasteiger partial charge in [-0.2, -0.15) is 0 Å². The van der Waals surface area contributed by atoms with E-state index in [9.17, 15) is 0 Å². The number of halogens is 1. The van der Waals surface area contributed by atoms with Crippen molar-refractivity contribution < 1.29 is 4.74 Å². The normalized spacial score (nSPS) is 9.58. The number of anilines is 1. The van der Waals surface area contributed by atoms with Crippen LogP contribution >= 0.6 is 22.6 Å². The third kappa shape index (κ3) is 2.27. The minimum Gasteiger partial charge on any atom is -0.497 e. The molecule has 2 nitrogen and oxygen atoms in total. The number of ether oxygens (including phenoxy) is 1. The molecule has 0 aromatic heterocycles. The number of hydrogen-bond acceptors (Lipinski definition) is 2. The van der Waals surface area contributed by atoms with Gasteiger partial charge in [-0.25, -0.2) is 0 Å². The topological polar surface area (TPSA) is 21.3 Å². The van der Waals surface area contributed by atoms with Gasteiger partial charge in [0.1, 0.15) is 5.75 Å². The third-order valence-corrected chi connectivity index (χ3v) is 2.48. The largest absolute Gasteiger partial charge is 0.497 e. The zero-order valence-electron chi connectivity index (χ0n) is 7.23. The number of methoxy groups -OCH3 is 1. The average Bonchev–Trinajstić information content (AvgIpc) is 2.09. The molecule has 0 aliphatic carbocycles. The van der Waals surface area contributed by atoms with Gasteiger partial charge in [0.05, 0.1) is 12.8 Å². The Morgan fingerprint density at radius 1 is 1.50 bits per heavy atom. The summed E-state index contributed by atoms with van der Waals surface area (Å²) >= 11 is 2.30. The summed E-state index contributed by atoms with van der Waals surface area (Å²) < 4.78 is 6.33. The van der Waals surface area contributed by atoms with Gasteiger partial charge in [-0.3, -0.25) is 0 Å². The minimum atomic E-state index is 0.895. The van der Waals surface area contributed by atoms with Crippen LogP contribution in [0.25, 0.3) is 0 Å². The van der Waals surface area contributed by atoms with E-state index in [1.54, 1.807) is 7.11 Å². The molecule has 0 spiro atoms. The van der Waals surface area contributed by atoms with Gasteiger partial charge < -0.3 is 10.1 Å². The molecular formula is C9H12INO. The molecule has 1 aromatic carbocycles. The number of benzene rings is 1. The van der Waals surface area contributed by atoms with E-state index in [2.05, 4.69) is 34.8 Å². The van der Waals surface area contributed by atoms with E-state index >= 15 is 0 Å². The highest BCUT2D eigenvalue weighted by atomic mass is 127. The van der Waals surface area contributed by atoms with E-state index in [0.29, 0.717) is 0 Å². The third-order valence-electron chi connectivity index (χ3n) is 1.54. The van der Waals surface area contributed by atoms with Crippen LogP contribution in [0, 0.1) is 3.57 Å². The van der Waals surface area contributed by atoms with Gasteiger partial charge in [0.2, 0.25) is 0 Å². The predicted molar refractivity (Wildman–Crippen MR) is 59.9 cm³/mol. The summed E-state index contributed by atoms with van der Waals surface area (Å²) in [4.78, 5) is 0. The van der Waals surface area contributed by atoms with Crippen molar-refractivity contribution in [2.45, 2.75) is 6.92 Å². The molecule has 0 radical (unpaired) electrons. The predicted octanol–water partition coefficient (Wildman–Crippen LogP) is 2.73. The fourth-order valence-electron chi connectivity index (χ4n) is 0.957. The Balaban J connectivity index is 2.91. The van der Waals surface area contributed by atoms with Crippen molar-refractivity contribution in [1.82, 2.24) is 0 Å². The molecule has 0 amide bonds. The molecule has 1 aromatic rings. The van der Waals surface area contributed by atoms with Crippen molar-refractivity contribution in [2.75, 3.05) is 19.0 Å². The van der Waals surface area contributed by atoms with Crippen LogP contribution < -0.4 is 10.1 Å². The molecule has 0 fully saturated rings. The summed E-state index contributed by atoms with van der Waals surface area (Å²) in [5.74, 6) is 0.895. The van der Waals surface area contributed by atoms with Gasteiger partial charge >= 0.3 is 0 Å². The Morgan fingerprint density at radius 3 is 2.83 bits per heavy atom. The van der Waals surface area contributed by atoms with Crippen LogP contribution in [0.4, 0.5) is 5.69 Å². The lowest BCUT2D eigenvalue weighted by atomic mass is 10.3. The Labute approximate surface area is 86.5 Å². The molecule has 0 bridgehead atoms. The fourth-order valence-corrected chi connectivity index (χ4v) is 1.48. The fraction of sp³-hybridized carbons (Fsp3) is 0.333. The van der Waals surface area contributed by atoms with Crippen molar-refractivity contribution in [3.63, 3.8) is 0 Å². The molecule has 0 saturated heterocycles. The van der Waals surface area contributed by atoms with Crippen LogP contribution in [0.1, 0.15) is 6.92 Å². The van der Waals surface area contributed by atoms with Crippen LogP contribution in [0.5, 0.6) is 5.75 Å².